The van der Waals surface area contributed by atoms with E-state index in [4.69, 9.17) is 21.6 Å². The third-order valence-electron chi connectivity index (χ3n) is 5.64. The van der Waals surface area contributed by atoms with Crippen LogP contribution in [0.15, 0.2) is 42.5 Å². The molecule has 0 fully saturated rings. The van der Waals surface area contributed by atoms with Gasteiger partial charge in [-0.25, -0.2) is 4.79 Å². The zero-order valence-corrected chi connectivity index (χ0v) is 23.2. The van der Waals surface area contributed by atoms with Crippen LogP contribution >= 0.6 is 0 Å². The van der Waals surface area contributed by atoms with Crippen molar-refractivity contribution in [2.75, 3.05) is 12.4 Å². The van der Waals surface area contributed by atoms with Crippen LogP contribution in [0.2, 0.25) is 0 Å². The van der Waals surface area contributed by atoms with E-state index in [0.717, 1.165) is 16.0 Å². The highest BCUT2D eigenvalue weighted by Gasteiger charge is 2.36. The van der Waals surface area contributed by atoms with Crippen molar-refractivity contribution in [1.29, 1.82) is 0 Å². The van der Waals surface area contributed by atoms with Crippen LogP contribution in [0.1, 0.15) is 56.3 Å². The van der Waals surface area contributed by atoms with E-state index in [2.05, 4.69) is 16.7 Å². The number of methoxy groups -OCH3 is 1. The van der Waals surface area contributed by atoms with E-state index in [-0.39, 0.29) is 12.8 Å². The summed E-state index contributed by atoms with van der Waals surface area (Å²) in [6.45, 7) is 8.65. The second-order valence-corrected chi connectivity index (χ2v) is 10.0. The van der Waals surface area contributed by atoms with Crippen molar-refractivity contribution in [3.63, 3.8) is 0 Å². The zero-order valence-electron chi connectivity index (χ0n) is 23.2. The Kier molecular flexibility index (Phi) is 10.5. The summed E-state index contributed by atoms with van der Waals surface area (Å²) in [5.74, 6) is -1.43. The molecule has 2 aromatic carbocycles. The third-order valence-corrected chi connectivity index (χ3v) is 5.64. The summed E-state index contributed by atoms with van der Waals surface area (Å²) >= 11 is 0. The predicted molar refractivity (Wildman–Crippen MR) is 148 cm³/mol. The van der Waals surface area contributed by atoms with Crippen LogP contribution in [-0.2, 0) is 19.1 Å². The number of carbonyl (C=O) groups excluding carboxylic acids is 4. The van der Waals surface area contributed by atoms with Crippen molar-refractivity contribution in [2.24, 2.45) is 5.73 Å². The minimum atomic E-state index is -1.29. The number of alkyl carbamates (subject to hydrolysis) is 1. The molecule has 0 bridgehead atoms. The maximum absolute atomic E-state index is 13.8. The molecule has 0 aromatic heterocycles. The minimum Gasteiger partial charge on any atom is -0.497 e. The molecule has 4 amide bonds. The van der Waals surface area contributed by atoms with Gasteiger partial charge in [0.1, 0.15) is 23.4 Å². The first-order valence-electron chi connectivity index (χ1n) is 12.3. The number of terminal acetylenes is 1. The monoisotopic (exact) mass is 536 g/mol. The van der Waals surface area contributed by atoms with Crippen LogP contribution in [0.4, 0.5) is 10.5 Å². The van der Waals surface area contributed by atoms with Crippen LogP contribution < -0.4 is 21.1 Å². The molecular weight excluding hydrogens is 500 g/mol. The molecule has 39 heavy (non-hydrogen) atoms. The summed E-state index contributed by atoms with van der Waals surface area (Å²) in [5.41, 5.74) is 6.98. The second kappa shape index (κ2) is 13.3. The Balaban J connectivity index is 2.51. The molecule has 0 aliphatic rings. The number of hydrogen-bond acceptors (Lipinski definition) is 6. The lowest BCUT2D eigenvalue weighted by Crippen LogP contribution is -2.51. The molecule has 0 heterocycles. The molecule has 208 valence electrons. The number of carbonyl (C=O) groups is 4. The number of primary amides is 1. The first-order valence-corrected chi connectivity index (χ1v) is 12.3. The molecule has 0 aliphatic heterocycles. The molecule has 2 atom stereocenters. The Morgan fingerprint density at radius 3 is 2.26 bits per heavy atom. The summed E-state index contributed by atoms with van der Waals surface area (Å²) < 4.78 is 10.5. The van der Waals surface area contributed by atoms with Gasteiger partial charge in [0.05, 0.1) is 7.11 Å². The molecule has 2 aromatic rings. The van der Waals surface area contributed by atoms with Gasteiger partial charge in [0.25, 0.3) is 11.8 Å². The molecule has 10 nitrogen and oxygen atoms in total. The van der Waals surface area contributed by atoms with E-state index < -0.39 is 41.5 Å². The van der Waals surface area contributed by atoms with Crippen LogP contribution in [0.3, 0.4) is 0 Å². The number of rotatable bonds is 10. The van der Waals surface area contributed by atoms with Gasteiger partial charge in [-0.15, -0.1) is 0 Å². The zero-order chi connectivity index (χ0) is 29.3. The highest BCUT2D eigenvalue weighted by atomic mass is 16.6. The van der Waals surface area contributed by atoms with Crippen LogP contribution in [-0.4, -0.2) is 47.5 Å². The van der Waals surface area contributed by atoms with Gasteiger partial charge in [0, 0.05) is 18.2 Å². The number of ether oxygens (including phenoxy) is 2. The molecule has 2 rings (SSSR count). The molecule has 0 spiro atoms. The van der Waals surface area contributed by atoms with Gasteiger partial charge in [-0.1, -0.05) is 30.2 Å². The average molecular weight is 537 g/mol. The van der Waals surface area contributed by atoms with Gasteiger partial charge >= 0.3 is 6.09 Å². The fourth-order valence-electron chi connectivity index (χ4n) is 3.76. The summed E-state index contributed by atoms with van der Waals surface area (Å²) in [4.78, 5) is 52.5. The van der Waals surface area contributed by atoms with Crippen LogP contribution in [0.25, 0.3) is 0 Å². The quantitative estimate of drug-likeness (QED) is 0.313. The van der Waals surface area contributed by atoms with Gasteiger partial charge < -0.3 is 25.8 Å². The first kappa shape index (κ1) is 30.7. The van der Waals surface area contributed by atoms with Crippen LogP contribution in [0, 0.1) is 26.3 Å². The van der Waals surface area contributed by atoms with Crippen molar-refractivity contribution >= 4 is 29.5 Å². The maximum Gasteiger partial charge on any atom is 0.408 e. The lowest BCUT2D eigenvalue weighted by molar-refractivity contribution is -0.137. The number of aryl methyl sites for hydroxylation is 2. The number of nitrogens with two attached hydrogens (primary N) is 1. The lowest BCUT2D eigenvalue weighted by Gasteiger charge is -2.31. The number of hydrogen-bond donors (Lipinski definition) is 3. The first-order chi connectivity index (χ1) is 18.2. The fraction of sp³-hybridized carbons (Fsp3) is 0.379. The van der Waals surface area contributed by atoms with E-state index >= 15 is 0 Å². The van der Waals surface area contributed by atoms with E-state index in [1.165, 1.54) is 7.11 Å². The standard InChI is InChI=1S/C29H36N4O6/c1-8-33(27(36)23(15-16-24(30)34)32-28(37)39-29(4,5)6)25(22-17-18(2)9-10-19(22)3)26(35)31-20-11-13-21(38-7)14-12-20/h1,9-14,17,23,25H,15-16H2,2-7H3,(H2,30,34)(H,31,35)(H,32,37). The van der Waals surface area contributed by atoms with Gasteiger partial charge in [0.15, 0.2) is 0 Å². The van der Waals surface area contributed by atoms with E-state index in [9.17, 15) is 19.2 Å². The number of nitrogens with one attached hydrogen (secondary N) is 2. The number of nitrogens with zero attached hydrogens (tertiary/aromatic N) is 1. The molecule has 0 saturated heterocycles. The normalized spacial score (nSPS) is 12.3. The molecule has 0 aliphatic carbocycles. The number of amides is 4. The molecule has 2 unspecified atom stereocenters. The number of anilines is 1. The van der Waals surface area contributed by atoms with Gasteiger partial charge in [-0.3, -0.25) is 19.3 Å². The van der Waals surface area contributed by atoms with Crippen molar-refractivity contribution in [3.8, 4) is 18.2 Å². The molecule has 4 N–H and O–H groups in total. The van der Waals surface area contributed by atoms with Crippen molar-refractivity contribution in [3.05, 3.63) is 59.2 Å². The smallest absolute Gasteiger partial charge is 0.408 e. The Morgan fingerprint density at radius 2 is 1.72 bits per heavy atom. The highest BCUT2D eigenvalue weighted by molar-refractivity contribution is 6.00. The summed E-state index contributed by atoms with van der Waals surface area (Å²) in [5, 5.41) is 5.27. The molecule has 10 heteroatoms. The van der Waals surface area contributed by atoms with E-state index in [1.807, 2.05) is 19.1 Å². The molecule has 0 radical (unpaired) electrons. The van der Waals surface area contributed by atoms with Crippen LogP contribution in [0.5, 0.6) is 5.75 Å². The van der Waals surface area contributed by atoms with Crippen molar-refractivity contribution < 1.29 is 28.7 Å². The molecule has 0 saturated carbocycles. The molecular formula is C29H36N4O6. The average Bonchev–Trinajstić information content (AvgIpc) is 2.85. The summed E-state index contributed by atoms with van der Waals surface area (Å²) in [7, 11) is 1.53. The van der Waals surface area contributed by atoms with E-state index in [0.29, 0.717) is 17.0 Å². The van der Waals surface area contributed by atoms with Crippen molar-refractivity contribution in [1.82, 2.24) is 10.2 Å². The Morgan fingerprint density at radius 1 is 1.08 bits per heavy atom. The van der Waals surface area contributed by atoms with Gasteiger partial charge in [-0.2, -0.15) is 0 Å². The predicted octanol–water partition coefficient (Wildman–Crippen LogP) is 3.57. The summed E-state index contributed by atoms with van der Waals surface area (Å²) in [6, 6.07) is 11.9. The Hall–Kier alpha value is -4.52. The maximum atomic E-state index is 13.8. The second-order valence-electron chi connectivity index (χ2n) is 10.0. The van der Waals surface area contributed by atoms with Gasteiger partial charge in [0.2, 0.25) is 5.91 Å². The minimum absolute atomic E-state index is 0.148. The van der Waals surface area contributed by atoms with E-state index in [1.54, 1.807) is 58.0 Å². The Bertz CT molecular complexity index is 1240. The fourth-order valence-corrected chi connectivity index (χ4v) is 3.76. The SMILES string of the molecule is C#CN(C(=O)C(CCC(N)=O)NC(=O)OC(C)(C)C)C(C(=O)Nc1ccc(OC)cc1)c1cc(C)ccc1C. The Labute approximate surface area is 229 Å². The highest BCUT2D eigenvalue weighted by Crippen LogP contribution is 2.28. The number of benzene rings is 2. The van der Waals surface area contributed by atoms with Gasteiger partial charge in [-0.05, 0) is 76.4 Å². The topological polar surface area (TPSA) is 140 Å². The lowest BCUT2D eigenvalue weighted by atomic mass is 9.96. The largest absolute Gasteiger partial charge is 0.497 e. The summed E-state index contributed by atoms with van der Waals surface area (Å²) in [6.07, 6.45) is 4.58. The third kappa shape index (κ3) is 9.07. The van der Waals surface area contributed by atoms with Crippen molar-refractivity contribution in [2.45, 2.75) is 65.1 Å².